The normalized spacial score (nSPS) is 21.9. The molecular weight excluding hydrogens is 278 g/mol. The summed E-state index contributed by atoms with van der Waals surface area (Å²) in [5.74, 6) is -0.715. The first kappa shape index (κ1) is 14.6. The SMILES string of the molecule is CCC1SCC(C(=O)O)N1C(=O)Cc1ccc(N)cn1. The predicted octanol–water partition coefficient (Wildman–Crippen LogP) is 0.971. The van der Waals surface area contributed by atoms with Gasteiger partial charge in [0.1, 0.15) is 6.04 Å². The molecule has 0 aromatic carbocycles. The van der Waals surface area contributed by atoms with Gasteiger partial charge in [-0.2, -0.15) is 0 Å². The number of carboxylic acid groups (broad SMARTS) is 1. The average molecular weight is 295 g/mol. The summed E-state index contributed by atoms with van der Waals surface area (Å²) in [4.78, 5) is 29.2. The zero-order valence-corrected chi connectivity index (χ0v) is 12.0. The Hall–Kier alpha value is -1.76. The summed E-state index contributed by atoms with van der Waals surface area (Å²) in [6.07, 6.45) is 2.32. The second-order valence-corrected chi connectivity index (χ2v) is 5.82. The fourth-order valence-electron chi connectivity index (χ4n) is 2.19. The van der Waals surface area contributed by atoms with Gasteiger partial charge < -0.3 is 15.7 Å². The van der Waals surface area contributed by atoms with E-state index >= 15 is 0 Å². The monoisotopic (exact) mass is 295 g/mol. The molecule has 1 aromatic rings. The molecule has 2 rings (SSSR count). The van der Waals surface area contributed by atoms with Crippen LogP contribution < -0.4 is 5.73 Å². The first-order chi connectivity index (χ1) is 9.52. The number of amides is 1. The first-order valence-electron chi connectivity index (χ1n) is 6.39. The van der Waals surface area contributed by atoms with Crippen molar-refractivity contribution in [2.75, 3.05) is 11.5 Å². The van der Waals surface area contributed by atoms with Crippen molar-refractivity contribution in [1.29, 1.82) is 0 Å². The van der Waals surface area contributed by atoms with Crippen LogP contribution in [0.1, 0.15) is 19.0 Å². The van der Waals surface area contributed by atoms with E-state index in [1.807, 2.05) is 6.92 Å². The van der Waals surface area contributed by atoms with Gasteiger partial charge in [-0.05, 0) is 18.6 Å². The maximum Gasteiger partial charge on any atom is 0.327 e. The van der Waals surface area contributed by atoms with Gasteiger partial charge in [-0.15, -0.1) is 11.8 Å². The highest BCUT2D eigenvalue weighted by atomic mass is 32.2. The molecule has 2 unspecified atom stereocenters. The van der Waals surface area contributed by atoms with Crippen LogP contribution in [0, 0.1) is 0 Å². The summed E-state index contributed by atoms with van der Waals surface area (Å²) in [6, 6.07) is 2.62. The Morgan fingerprint density at radius 3 is 2.85 bits per heavy atom. The van der Waals surface area contributed by atoms with Gasteiger partial charge in [0.15, 0.2) is 0 Å². The van der Waals surface area contributed by atoms with Gasteiger partial charge in [0.2, 0.25) is 5.91 Å². The lowest BCUT2D eigenvalue weighted by Gasteiger charge is -2.26. The number of carboxylic acids is 1. The topological polar surface area (TPSA) is 96.5 Å². The zero-order valence-electron chi connectivity index (χ0n) is 11.2. The molecule has 0 bridgehead atoms. The van der Waals surface area contributed by atoms with E-state index in [4.69, 9.17) is 5.73 Å². The van der Waals surface area contributed by atoms with E-state index in [2.05, 4.69) is 4.98 Å². The second-order valence-electron chi connectivity index (χ2n) is 4.61. The number of pyridine rings is 1. The number of rotatable bonds is 4. The van der Waals surface area contributed by atoms with Crippen LogP contribution in [-0.4, -0.2) is 44.0 Å². The maximum atomic E-state index is 12.4. The highest BCUT2D eigenvalue weighted by molar-refractivity contribution is 8.00. The summed E-state index contributed by atoms with van der Waals surface area (Å²) >= 11 is 1.51. The first-order valence-corrected chi connectivity index (χ1v) is 7.43. The van der Waals surface area contributed by atoms with Gasteiger partial charge in [0.25, 0.3) is 0 Å². The van der Waals surface area contributed by atoms with Crippen LogP contribution in [0.3, 0.4) is 0 Å². The van der Waals surface area contributed by atoms with Crippen LogP contribution in [0.4, 0.5) is 5.69 Å². The number of hydrogen-bond acceptors (Lipinski definition) is 5. The minimum absolute atomic E-state index is 0.0719. The highest BCUT2D eigenvalue weighted by Gasteiger charge is 2.40. The Kier molecular flexibility index (Phi) is 4.49. The molecule has 0 spiro atoms. The average Bonchev–Trinajstić information content (AvgIpc) is 2.85. The van der Waals surface area contributed by atoms with E-state index in [9.17, 15) is 14.7 Å². The van der Waals surface area contributed by atoms with Crippen molar-refractivity contribution in [3.05, 3.63) is 24.0 Å². The van der Waals surface area contributed by atoms with Crippen molar-refractivity contribution in [3.63, 3.8) is 0 Å². The largest absolute Gasteiger partial charge is 0.480 e. The summed E-state index contributed by atoms with van der Waals surface area (Å²) in [6.45, 7) is 1.95. The van der Waals surface area contributed by atoms with Crippen molar-refractivity contribution < 1.29 is 14.7 Å². The van der Waals surface area contributed by atoms with Gasteiger partial charge >= 0.3 is 5.97 Å². The standard InChI is InChI=1S/C13H17N3O3S/c1-2-12-16(10(7-20-12)13(18)19)11(17)5-9-4-3-8(14)6-15-9/h3-4,6,10,12H,2,5,7,14H2,1H3,(H,18,19). The molecule has 1 saturated heterocycles. The number of aliphatic carboxylic acids is 1. The Morgan fingerprint density at radius 1 is 1.55 bits per heavy atom. The zero-order chi connectivity index (χ0) is 14.7. The summed E-state index contributed by atoms with van der Waals surface area (Å²) in [5.41, 5.74) is 6.68. The van der Waals surface area contributed by atoms with Crippen molar-refractivity contribution >= 4 is 29.3 Å². The number of carbonyl (C=O) groups is 2. The van der Waals surface area contributed by atoms with Crippen molar-refractivity contribution in [2.24, 2.45) is 0 Å². The Balaban J connectivity index is 2.12. The molecule has 1 aromatic heterocycles. The van der Waals surface area contributed by atoms with Gasteiger partial charge in [-0.1, -0.05) is 6.92 Å². The van der Waals surface area contributed by atoms with E-state index < -0.39 is 12.0 Å². The maximum absolute atomic E-state index is 12.4. The lowest BCUT2D eigenvalue weighted by Crippen LogP contribution is -2.46. The molecule has 0 aliphatic carbocycles. The lowest BCUT2D eigenvalue weighted by atomic mass is 10.2. The van der Waals surface area contributed by atoms with Gasteiger partial charge in [-0.25, -0.2) is 4.79 Å². The molecule has 1 aliphatic heterocycles. The molecule has 6 nitrogen and oxygen atoms in total. The van der Waals surface area contributed by atoms with E-state index in [-0.39, 0.29) is 17.7 Å². The van der Waals surface area contributed by atoms with Crippen LogP contribution in [0.15, 0.2) is 18.3 Å². The Morgan fingerprint density at radius 2 is 2.30 bits per heavy atom. The number of thioether (sulfide) groups is 1. The number of hydrogen-bond donors (Lipinski definition) is 2. The minimum atomic E-state index is -0.952. The van der Waals surface area contributed by atoms with E-state index in [0.29, 0.717) is 17.1 Å². The molecule has 1 aliphatic rings. The van der Waals surface area contributed by atoms with Crippen molar-refractivity contribution in [2.45, 2.75) is 31.2 Å². The molecule has 1 amide bonds. The fraction of sp³-hybridized carbons (Fsp3) is 0.462. The molecule has 0 saturated carbocycles. The molecule has 3 N–H and O–H groups in total. The van der Waals surface area contributed by atoms with Gasteiger partial charge in [0.05, 0.1) is 23.7 Å². The molecule has 108 valence electrons. The third-order valence-electron chi connectivity index (χ3n) is 3.19. The second kappa shape index (κ2) is 6.13. The fourth-order valence-corrected chi connectivity index (χ4v) is 3.56. The lowest BCUT2D eigenvalue weighted by molar-refractivity contribution is -0.148. The van der Waals surface area contributed by atoms with E-state index in [1.54, 1.807) is 12.1 Å². The number of nitrogen functional groups attached to an aromatic ring is 1. The minimum Gasteiger partial charge on any atom is -0.480 e. The summed E-state index contributed by atoms with van der Waals surface area (Å²) in [7, 11) is 0. The Labute approximate surface area is 121 Å². The molecular formula is C13H17N3O3S. The summed E-state index contributed by atoms with van der Waals surface area (Å²) in [5, 5.41) is 9.14. The van der Waals surface area contributed by atoms with E-state index in [1.165, 1.54) is 22.9 Å². The Bertz CT molecular complexity index is 506. The smallest absolute Gasteiger partial charge is 0.327 e. The van der Waals surface area contributed by atoms with Crippen molar-refractivity contribution in [3.8, 4) is 0 Å². The number of nitrogens with zero attached hydrogens (tertiary/aromatic N) is 2. The third kappa shape index (κ3) is 3.04. The quantitative estimate of drug-likeness (QED) is 0.859. The number of aromatic nitrogens is 1. The number of nitrogens with two attached hydrogens (primary N) is 1. The van der Waals surface area contributed by atoms with E-state index in [0.717, 1.165) is 6.42 Å². The van der Waals surface area contributed by atoms with Crippen LogP contribution in [-0.2, 0) is 16.0 Å². The summed E-state index contributed by atoms with van der Waals surface area (Å²) < 4.78 is 0. The molecule has 2 heterocycles. The predicted molar refractivity (Wildman–Crippen MR) is 77.2 cm³/mol. The molecule has 20 heavy (non-hydrogen) atoms. The number of anilines is 1. The van der Waals surface area contributed by atoms with Gasteiger partial charge in [-0.3, -0.25) is 9.78 Å². The molecule has 1 fully saturated rings. The molecule has 0 radical (unpaired) electrons. The molecule has 7 heteroatoms. The third-order valence-corrected chi connectivity index (χ3v) is 4.65. The number of carbonyl (C=O) groups excluding carboxylic acids is 1. The van der Waals surface area contributed by atoms with Crippen molar-refractivity contribution in [1.82, 2.24) is 9.88 Å². The van der Waals surface area contributed by atoms with Crippen LogP contribution >= 0.6 is 11.8 Å². The van der Waals surface area contributed by atoms with Crippen LogP contribution in [0.2, 0.25) is 0 Å². The van der Waals surface area contributed by atoms with Crippen LogP contribution in [0.25, 0.3) is 0 Å². The molecule has 2 atom stereocenters. The van der Waals surface area contributed by atoms with Crippen LogP contribution in [0.5, 0.6) is 0 Å². The van der Waals surface area contributed by atoms with Gasteiger partial charge in [0, 0.05) is 11.4 Å². The highest BCUT2D eigenvalue weighted by Crippen LogP contribution is 2.31.